The lowest BCUT2D eigenvalue weighted by molar-refractivity contribution is -0.127. The van der Waals surface area contributed by atoms with Gasteiger partial charge in [-0.05, 0) is 30.2 Å². The molecule has 0 aliphatic heterocycles. The fourth-order valence-electron chi connectivity index (χ4n) is 1.65. The quantitative estimate of drug-likeness (QED) is 0.344. The minimum absolute atomic E-state index is 0.0343. The topological polar surface area (TPSA) is 70.6 Å². The van der Waals surface area contributed by atoms with Crippen LogP contribution in [0.3, 0.4) is 0 Å². The van der Waals surface area contributed by atoms with Gasteiger partial charge < -0.3 is 14.6 Å². The summed E-state index contributed by atoms with van der Waals surface area (Å²) in [6.45, 7) is 16.8. The second-order valence-electron chi connectivity index (χ2n) is 5.00. The zero-order chi connectivity index (χ0) is 18.3. The Morgan fingerprint density at radius 1 is 1.42 bits per heavy atom. The Bertz CT molecular complexity index is 738. The SMILES string of the molecule is C=C/C(=C\C(=C)c1c[nH]c(/N=C\C(=C)C)n1)N(C)C(=O)C(=C)OC. The number of methoxy groups -OCH3 is 1. The smallest absolute Gasteiger partial charge is 0.292 e. The number of carbonyl (C=O) groups excluding carboxylic acids is 1. The van der Waals surface area contributed by atoms with Gasteiger partial charge in [-0.1, -0.05) is 26.3 Å². The Hall–Kier alpha value is -3.15. The molecule has 0 aliphatic rings. The lowest BCUT2D eigenvalue weighted by Gasteiger charge is -2.19. The van der Waals surface area contributed by atoms with Crippen molar-refractivity contribution in [1.82, 2.24) is 14.9 Å². The number of rotatable bonds is 8. The first kappa shape index (κ1) is 18.9. The van der Waals surface area contributed by atoms with Crippen LogP contribution >= 0.6 is 0 Å². The molecule has 0 fully saturated rings. The molecule has 0 saturated carbocycles. The van der Waals surface area contributed by atoms with Gasteiger partial charge in [0, 0.05) is 25.2 Å². The molecule has 1 rings (SSSR count). The molecule has 0 saturated heterocycles. The summed E-state index contributed by atoms with van der Waals surface area (Å²) in [5.74, 6) is 0.108. The van der Waals surface area contributed by atoms with Crippen molar-refractivity contribution in [3.8, 4) is 0 Å². The number of imidazole rings is 1. The Labute approximate surface area is 142 Å². The van der Waals surface area contributed by atoms with Crippen molar-refractivity contribution in [2.75, 3.05) is 14.2 Å². The molecular formula is C18H22N4O2. The number of hydrogen-bond acceptors (Lipinski definition) is 4. The summed E-state index contributed by atoms with van der Waals surface area (Å²) in [5.41, 5.74) is 2.56. The number of amides is 1. The molecule has 1 N–H and O–H groups in total. The van der Waals surface area contributed by atoms with Gasteiger partial charge in [-0.25, -0.2) is 9.98 Å². The van der Waals surface area contributed by atoms with E-state index in [0.29, 0.717) is 22.9 Å². The molecular weight excluding hydrogens is 304 g/mol. The summed E-state index contributed by atoms with van der Waals surface area (Å²) in [4.78, 5) is 24.8. The van der Waals surface area contributed by atoms with Gasteiger partial charge in [-0.2, -0.15) is 0 Å². The minimum atomic E-state index is -0.370. The van der Waals surface area contributed by atoms with Crippen LogP contribution in [0.25, 0.3) is 5.57 Å². The van der Waals surface area contributed by atoms with E-state index in [1.54, 1.807) is 31.6 Å². The summed E-state index contributed by atoms with van der Waals surface area (Å²) in [6.07, 6.45) is 6.52. The molecule has 126 valence electrons. The number of hydrogen-bond donors (Lipinski definition) is 1. The van der Waals surface area contributed by atoms with E-state index in [9.17, 15) is 4.79 Å². The zero-order valence-corrected chi connectivity index (χ0v) is 14.3. The third kappa shape index (κ3) is 4.95. The number of ether oxygens (including phenoxy) is 1. The second kappa shape index (κ2) is 8.47. The molecule has 6 heteroatoms. The van der Waals surface area contributed by atoms with E-state index in [2.05, 4.69) is 41.3 Å². The number of likely N-dealkylation sites (N-methyl/N-ethyl adjacent to an activating group) is 1. The first-order chi connectivity index (χ1) is 11.3. The van der Waals surface area contributed by atoms with E-state index >= 15 is 0 Å². The first-order valence-corrected chi connectivity index (χ1v) is 7.09. The molecule has 24 heavy (non-hydrogen) atoms. The van der Waals surface area contributed by atoms with Crippen molar-refractivity contribution in [2.24, 2.45) is 4.99 Å². The minimum Gasteiger partial charge on any atom is -0.492 e. The molecule has 0 atom stereocenters. The third-order valence-corrected chi connectivity index (χ3v) is 3.01. The third-order valence-electron chi connectivity index (χ3n) is 3.01. The van der Waals surface area contributed by atoms with Crippen LogP contribution in [0, 0.1) is 0 Å². The van der Waals surface area contributed by atoms with Crippen LogP contribution < -0.4 is 0 Å². The molecule has 1 aromatic heterocycles. The molecule has 0 aliphatic carbocycles. The lowest BCUT2D eigenvalue weighted by atomic mass is 10.2. The second-order valence-corrected chi connectivity index (χ2v) is 5.00. The standard InChI is InChI=1S/C18H22N4O2/c1-8-15(22(6)17(23)14(5)24-7)9-13(4)16-11-20-18(21-16)19-10-12(2)3/h8-11H,1-2,4-5H2,3,6-7H3,(H,20,21)/b15-9+,19-10-. The van der Waals surface area contributed by atoms with Crippen molar-refractivity contribution in [3.05, 3.63) is 67.4 Å². The molecule has 0 bridgehead atoms. The average Bonchev–Trinajstić information content (AvgIpc) is 3.04. The van der Waals surface area contributed by atoms with E-state index in [-0.39, 0.29) is 11.7 Å². The number of nitrogens with one attached hydrogen (secondary N) is 1. The zero-order valence-electron chi connectivity index (χ0n) is 14.3. The molecule has 0 aromatic carbocycles. The fourth-order valence-corrected chi connectivity index (χ4v) is 1.65. The highest BCUT2D eigenvalue weighted by Crippen LogP contribution is 2.19. The summed E-state index contributed by atoms with van der Waals surface area (Å²) in [5, 5.41) is 0. The van der Waals surface area contributed by atoms with Crippen LogP contribution in [0.1, 0.15) is 12.6 Å². The Morgan fingerprint density at radius 3 is 2.62 bits per heavy atom. The predicted molar refractivity (Wildman–Crippen MR) is 97.8 cm³/mol. The summed E-state index contributed by atoms with van der Waals surface area (Å²) in [7, 11) is 2.99. The van der Waals surface area contributed by atoms with E-state index in [1.807, 2.05) is 6.92 Å². The number of aromatic nitrogens is 2. The number of allylic oxidation sites excluding steroid dienone is 4. The van der Waals surface area contributed by atoms with Crippen molar-refractivity contribution in [1.29, 1.82) is 0 Å². The highest BCUT2D eigenvalue weighted by atomic mass is 16.5. The van der Waals surface area contributed by atoms with Crippen LogP contribution in [0.5, 0.6) is 0 Å². The largest absolute Gasteiger partial charge is 0.492 e. The van der Waals surface area contributed by atoms with Crippen LogP contribution in [0.15, 0.2) is 66.7 Å². The van der Waals surface area contributed by atoms with E-state index < -0.39 is 0 Å². The van der Waals surface area contributed by atoms with Gasteiger partial charge >= 0.3 is 0 Å². The van der Waals surface area contributed by atoms with Gasteiger partial charge in [0.25, 0.3) is 5.91 Å². The predicted octanol–water partition coefficient (Wildman–Crippen LogP) is 3.39. The summed E-state index contributed by atoms with van der Waals surface area (Å²) in [6, 6.07) is 0. The molecule has 1 amide bonds. The van der Waals surface area contributed by atoms with Crippen LogP contribution in [0.4, 0.5) is 5.95 Å². The van der Waals surface area contributed by atoms with E-state index in [4.69, 9.17) is 4.74 Å². The van der Waals surface area contributed by atoms with Crippen molar-refractivity contribution >= 4 is 23.6 Å². The molecule has 0 spiro atoms. The number of H-pyrrole nitrogens is 1. The van der Waals surface area contributed by atoms with E-state index in [1.165, 1.54) is 12.0 Å². The van der Waals surface area contributed by atoms with Crippen molar-refractivity contribution in [3.63, 3.8) is 0 Å². The normalized spacial score (nSPS) is 11.2. The molecule has 1 heterocycles. The number of nitrogens with zero attached hydrogens (tertiary/aromatic N) is 3. The van der Waals surface area contributed by atoms with E-state index in [0.717, 1.165) is 5.57 Å². The van der Waals surface area contributed by atoms with Crippen LogP contribution in [-0.2, 0) is 9.53 Å². The lowest BCUT2D eigenvalue weighted by Crippen LogP contribution is -2.27. The molecule has 0 unspecified atom stereocenters. The van der Waals surface area contributed by atoms with Crippen LogP contribution in [-0.4, -0.2) is 41.1 Å². The maximum Gasteiger partial charge on any atom is 0.292 e. The average molecular weight is 326 g/mol. The Balaban J connectivity index is 2.98. The summed E-state index contributed by atoms with van der Waals surface area (Å²) < 4.78 is 4.86. The fraction of sp³-hybridized carbons (Fsp3) is 0.167. The first-order valence-electron chi connectivity index (χ1n) is 7.09. The Morgan fingerprint density at radius 2 is 2.08 bits per heavy atom. The number of aromatic amines is 1. The maximum absolute atomic E-state index is 12.1. The van der Waals surface area contributed by atoms with Crippen molar-refractivity contribution in [2.45, 2.75) is 6.92 Å². The van der Waals surface area contributed by atoms with Crippen molar-refractivity contribution < 1.29 is 9.53 Å². The van der Waals surface area contributed by atoms with Gasteiger partial charge in [-0.3, -0.25) is 4.79 Å². The van der Waals surface area contributed by atoms with Gasteiger partial charge in [0.2, 0.25) is 5.95 Å². The summed E-state index contributed by atoms with van der Waals surface area (Å²) >= 11 is 0. The number of carbonyl (C=O) groups is 1. The highest BCUT2D eigenvalue weighted by molar-refractivity contribution is 5.92. The monoisotopic (exact) mass is 326 g/mol. The molecule has 6 nitrogen and oxygen atoms in total. The van der Waals surface area contributed by atoms with Gasteiger partial charge in [0.05, 0.1) is 12.8 Å². The molecule has 1 aromatic rings. The highest BCUT2D eigenvalue weighted by Gasteiger charge is 2.16. The molecule has 0 radical (unpaired) electrons. The Kier molecular flexibility index (Phi) is 6.67. The van der Waals surface area contributed by atoms with Gasteiger partial charge in [0.1, 0.15) is 0 Å². The number of aliphatic imine (C=N–C) groups is 1. The van der Waals surface area contributed by atoms with Gasteiger partial charge in [0.15, 0.2) is 5.76 Å². The van der Waals surface area contributed by atoms with Gasteiger partial charge in [-0.15, -0.1) is 0 Å². The maximum atomic E-state index is 12.1. The van der Waals surface area contributed by atoms with Crippen LogP contribution in [0.2, 0.25) is 0 Å².